The molecule has 1 aromatic rings. The van der Waals surface area contributed by atoms with Crippen molar-refractivity contribution in [3.63, 3.8) is 0 Å². The molecule has 19 heavy (non-hydrogen) atoms. The Labute approximate surface area is 110 Å². The minimum Gasteiger partial charge on any atom is -0.449 e. The average molecular weight is 265 g/mol. The summed E-state index contributed by atoms with van der Waals surface area (Å²) in [7, 11) is 1.37. The molecule has 0 aliphatic rings. The molecule has 0 bridgehead atoms. The Kier molecular flexibility index (Phi) is 4.87. The fourth-order valence-electron chi connectivity index (χ4n) is 1.18. The largest absolute Gasteiger partial charge is 0.449 e. The van der Waals surface area contributed by atoms with Gasteiger partial charge in [-0.15, -0.1) is 0 Å². The predicted molar refractivity (Wildman–Crippen MR) is 68.3 cm³/mol. The summed E-state index contributed by atoms with van der Waals surface area (Å²) in [4.78, 5) is 34.1. The molecule has 0 aliphatic carbocycles. The van der Waals surface area contributed by atoms with Crippen molar-refractivity contribution in [1.82, 2.24) is 10.6 Å². The number of nitrogens with one attached hydrogen (secondary N) is 2. The number of rotatable bonds is 3. The second kappa shape index (κ2) is 6.39. The number of carbonyl (C=O) groups is 3. The van der Waals surface area contributed by atoms with Crippen LogP contribution in [0.25, 0.3) is 0 Å². The Bertz CT molecular complexity index is 484. The van der Waals surface area contributed by atoms with Crippen molar-refractivity contribution < 1.29 is 19.1 Å². The van der Waals surface area contributed by atoms with Gasteiger partial charge >= 0.3 is 12.0 Å². The fourth-order valence-corrected chi connectivity index (χ4v) is 1.18. The third-order valence-corrected chi connectivity index (χ3v) is 2.26. The summed E-state index contributed by atoms with van der Waals surface area (Å²) in [5, 5.41) is 4.23. The first-order chi connectivity index (χ1) is 8.93. The first-order valence-corrected chi connectivity index (χ1v) is 5.53. The van der Waals surface area contributed by atoms with Crippen LogP contribution >= 0.6 is 0 Å². The van der Waals surface area contributed by atoms with E-state index < -0.39 is 24.0 Å². The smallest absolute Gasteiger partial charge is 0.338 e. The van der Waals surface area contributed by atoms with Gasteiger partial charge in [0.2, 0.25) is 0 Å². The normalized spacial score (nSPS) is 11.3. The van der Waals surface area contributed by atoms with E-state index in [0.29, 0.717) is 5.69 Å². The molecule has 0 fully saturated rings. The van der Waals surface area contributed by atoms with Gasteiger partial charge in [-0.05, 0) is 31.2 Å². The van der Waals surface area contributed by atoms with Crippen molar-refractivity contribution in [3.05, 3.63) is 29.8 Å². The maximum Gasteiger partial charge on any atom is 0.338 e. The van der Waals surface area contributed by atoms with Crippen molar-refractivity contribution in [3.8, 4) is 0 Å². The molecule has 1 atom stereocenters. The van der Waals surface area contributed by atoms with Gasteiger partial charge in [0.15, 0.2) is 6.10 Å². The van der Waals surface area contributed by atoms with Crippen LogP contribution in [0, 0.1) is 0 Å². The van der Waals surface area contributed by atoms with Gasteiger partial charge in [0.25, 0.3) is 5.91 Å². The maximum atomic E-state index is 11.7. The number of esters is 1. The number of benzene rings is 1. The summed E-state index contributed by atoms with van der Waals surface area (Å²) < 4.78 is 4.91. The fraction of sp³-hybridized carbons (Fsp3) is 0.250. The molecule has 0 spiro atoms. The lowest BCUT2D eigenvalue weighted by atomic mass is 10.2. The van der Waals surface area contributed by atoms with Crippen LogP contribution in [0.2, 0.25) is 0 Å². The number of nitrogens with two attached hydrogens (primary N) is 1. The van der Waals surface area contributed by atoms with Gasteiger partial charge in [0.05, 0.1) is 5.56 Å². The lowest BCUT2D eigenvalue weighted by Crippen LogP contribution is -2.43. The van der Waals surface area contributed by atoms with Crippen molar-refractivity contribution in [1.29, 1.82) is 0 Å². The lowest BCUT2D eigenvalue weighted by Gasteiger charge is -2.12. The van der Waals surface area contributed by atoms with E-state index in [9.17, 15) is 14.4 Å². The van der Waals surface area contributed by atoms with E-state index in [1.807, 2.05) is 5.32 Å². The van der Waals surface area contributed by atoms with Crippen LogP contribution in [-0.4, -0.2) is 31.1 Å². The Hall–Kier alpha value is -2.57. The number of imide groups is 1. The quantitative estimate of drug-likeness (QED) is 0.536. The molecule has 0 heterocycles. The Morgan fingerprint density at radius 3 is 2.32 bits per heavy atom. The van der Waals surface area contributed by atoms with E-state index in [-0.39, 0.29) is 5.56 Å². The molecule has 0 aromatic heterocycles. The van der Waals surface area contributed by atoms with Crippen molar-refractivity contribution >= 4 is 23.6 Å². The van der Waals surface area contributed by atoms with E-state index in [1.165, 1.54) is 26.1 Å². The number of ether oxygens (including phenoxy) is 1. The molecule has 7 heteroatoms. The number of nitrogen functional groups attached to an aromatic ring is 1. The zero-order chi connectivity index (χ0) is 14.4. The predicted octanol–water partition coefficient (Wildman–Crippen LogP) is 0.270. The SMILES string of the molecule is CNC(=O)NC(=O)C(C)OC(=O)c1ccc(N)cc1. The number of hydrogen-bond donors (Lipinski definition) is 3. The summed E-state index contributed by atoms with van der Waals surface area (Å²) in [6.45, 7) is 1.37. The molecule has 1 aromatic carbocycles. The molecule has 1 rings (SSSR count). The zero-order valence-corrected chi connectivity index (χ0v) is 10.6. The molecule has 102 valence electrons. The topological polar surface area (TPSA) is 111 Å². The average Bonchev–Trinajstić information content (AvgIpc) is 2.38. The van der Waals surface area contributed by atoms with Crippen LogP contribution in [0.15, 0.2) is 24.3 Å². The van der Waals surface area contributed by atoms with E-state index in [0.717, 1.165) is 0 Å². The van der Waals surface area contributed by atoms with Crippen LogP contribution in [-0.2, 0) is 9.53 Å². The molecule has 1 unspecified atom stereocenters. The van der Waals surface area contributed by atoms with Gasteiger partial charge in [-0.1, -0.05) is 0 Å². The van der Waals surface area contributed by atoms with Gasteiger partial charge in [0.1, 0.15) is 0 Å². The Balaban J connectivity index is 2.59. The highest BCUT2D eigenvalue weighted by Gasteiger charge is 2.20. The van der Waals surface area contributed by atoms with Crippen LogP contribution in [0.1, 0.15) is 17.3 Å². The van der Waals surface area contributed by atoms with Crippen LogP contribution in [0.3, 0.4) is 0 Å². The van der Waals surface area contributed by atoms with Crippen LogP contribution < -0.4 is 16.4 Å². The van der Waals surface area contributed by atoms with E-state index >= 15 is 0 Å². The number of anilines is 1. The number of amides is 3. The van der Waals surface area contributed by atoms with Gasteiger partial charge in [0, 0.05) is 12.7 Å². The molecule has 0 aliphatic heterocycles. The number of urea groups is 1. The first kappa shape index (κ1) is 14.5. The molecule has 3 amide bonds. The zero-order valence-electron chi connectivity index (χ0n) is 10.6. The minimum absolute atomic E-state index is 0.272. The molecular formula is C12H15N3O4. The highest BCUT2D eigenvalue weighted by atomic mass is 16.5. The monoisotopic (exact) mass is 265 g/mol. The Morgan fingerprint density at radius 1 is 1.21 bits per heavy atom. The highest BCUT2D eigenvalue weighted by Crippen LogP contribution is 2.08. The van der Waals surface area contributed by atoms with Crippen LogP contribution in [0.5, 0.6) is 0 Å². The van der Waals surface area contributed by atoms with Crippen molar-refractivity contribution in [2.75, 3.05) is 12.8 Å². The first-order valence-electron chi connectivity index (χ1n) is 5.53. The minimum atomic E-state index is -1.08. The van der Waals surface area contributed by atoms with Gasteiger partial charge in [-0.2, -0.15) is 0 Å². The van der Waals surface area contributed by atoms with E-state index in [1.54, 1.807) is 12.1 Å². The number of carbonyl (C=O) groups excluding carboxylic acids is 3. The third kappa shape index (κ3) is 4.30. The maximum absolute atomic E-state index is 11.7. The van der Waals surface area contributed by atoms with Gasteiger partial charge < -0.3 is 15.8 Å². The summed E-state index contributed by atoms with van der Waals surface area (Å²) in [6, 6.07) is 5.40. The Morgan fingerprint density at radius 2 is 1.79 bits per heavy atom. The molecule has 0 saturated heterocycles. The molecule has 4 N–H and O–H groups in total. The summed E-state index contributed by atoms with van der Waals surface area (Å²) in [5.74, 6) is -1.37. The molecule has 0 saturated carbocycles. The van der Waals surface area contributed by atoms with E-state index in [2.05, 4.69) is 5.32 Å². The van der Waals surface area contributed by atoms with Crippen molar-refractivity contribution in [2.45, 2.75) is 13.0 Å². The number of hydrogen-bond acceptors (Lipinski definition) is 5. The second-order valence-electron chi connectivity index (χ2n) is 3.74. The second-order valence-corrected chi connectivity index (χ2v) is 3.74. The van der Waals surface area contributed by atoms with Crippen molar-refractivity contribution in [2.24, 2.45) is 0 Å². The summed E-state index contributed by atoms with van der Waals surface area (Å²) >= 11 is 0. The van der Waals surface area contributed by atoms with E-state index in [4.69, 9.17) is 10.5 Å². The molecule has 0 radical (unpaired) electrons. The van der Waals surface area contributed by atoms with Gasteiger partial charge in [-0.25, -0.2) is 9.59 Å². The highest BCUT2D eigenvalue weighted by molar-refractivity contribution is 5.98. The lowest BCUT2D eigenvalue weighted by molar-refractivity contribution is -0.127. The summed E-state index contributed by atoms with van der Waals surface area (Å²) in [6.07, 6.45) is -1.08. The molecular weight excluding hydrogens is 250 g/mol. The summed E-state index contributed by atoms with van der Waals surface area (Å²) in [5.41, 5.74) is 6.27. The standard InChI is InChI=1S/C12H15N3O4/c1-7(10(16)15-12(18)14-2)19-11(17)8-3-5-9(13)6-4-8/h3-7H,13H2,1-2H3,(H2,14,15,16,18). The molecule has 7 nitrogen and oxygen atoms in total. The van der Waals surface area contributed by atoms with Crippen LogP contribution in [0.4, 0.5) is 10.5 Å². The van der Waals surface area contributed by atoms with Gasteiger partial charge in [-0.3, -0.25) is 10.1 Å². The third-order valence-electron chi connectivity index (χ3n) is 2.26.